The van der Waals surface area contributed by atoms with Crippen LogP contribution in [0.25, 0.3) is 0 Å². The van der Waals surface area contributed by atoms with Crippen LogP contribution in [0.1, 0.15) is 35.5 Å². The Morgan fingerprint density at radius 2 is 2.08 bits per heavy atom. The summed E-state index contributed by atoms with van der Waals surface area (Å²) < 4.78 is 45.3. The van der Waals surface area contributed by atoms with E-state index in [0.29, 0.717) is 5.46 Å². The Bertz CT molecular complexity index is 848. The quantitative estimate of drug-likeness (QED) is 0.805. The highest BCUT2D eigenvalue weighted by Crippen LogP contribution is 2.32. The van der Waals surface area contributed by atoms with Crippen LogP contribution in [-0.2, 0) is 23.5 Å². The average Bonchev–Trinajstić information content (AvgIpc) is 2.97. The number of benzene rings is 1. The third-order valence-electron chi connectivity index (χ3n) is 3.97. The fourth-order valence-electron chi connectivity index (χ4n) is 2.86. The summed E-state index contributed by atoms with van der Waals surface area (Å²) in [6, 6.07) is 4.69. The van der Waals surface area contributed by atoms with Crippen LogP contribution in [0.3, 0.4) is 0 Å². The van der Waals surface area contributed by atoms with Gasteiger partial charge in [-0.2, -0.15) is 18.3 Å². The first kappa shape index (κ1) is 17.5. The van der Waals surface area contributed by atoms with Gasteiger partial charge < -0.3 is 15.0 Å². The molecule has 1 aliphatic heterocycles. The van der Waals surface area contributed by atoms with Gasteiger partial charge in [0, 0.05) is 18.9 Å². The molecule has 1 amide bonds. The second-order valence-electron chi connectivity index (χ2n) is 6.30. The van der Waals surface area contributed by atoms with Crippen molar-refractivity contribution >= 4 is 24.2 Å². The Labute approximate surface area is 141 Å². The van der Waals surface area contributed by atoms with Gasteiger partial charge in [-0.15, -0.1) is 0 Å². The van der Waals surface area contributed by atoms with Gasteiger partial charge in [-0.25, -0.2) is 0 Å². The molecule has 0 atom stereocenters. The van der Waals surface area contributed by atoms with Crippen molar-refractivity contribution in [2.75, 3.05) is 5.32 Å². The molecule has 0 aliphatic carbocycles. The molecule has 0 saturated carbocycles. The highest BCUT2D eigenvalue weighted by molar-refractivity contribution is 6.62. The number of hydrogen-bond donors (Lipinski definition) is 2. The molecule has 2 N–H and O–H groups in total. The first-order valence-corrected chi connectivity index (χ1v) is 7.41. The number of anilines is 1. The molecule has 2 aromatic rings. The predicted octanol–water partition coefficient (Wildman–Crippen LogP) is 1.64. The zero-order valence-electron chi connectivity index (χ0n) is 13.7. The van der Waals surface area contributed by atoms with Crippen molar-refractivity contribution in [2.45, 2.75) is 25.6 Å². The van der Waals surface area contributed by atoms with E-state index < -0.39 is 36.1 Å². The number of rotatable bonds is 2. The Hall–Kier alpha value is -2.33. The molecule has 0 spiro atoms. The molecule has 0 saturated heterocycles. The van der Waals surface area contributed by atoms with Gasteiger partial charge in [0.2, 0.25) is 0 Å². The van der Waals surface area contributed by atoms with Crippen molar-refractivity contribution in [1.29, 1.82) is 0 Å². The van der Waals surface area contributed by atoms with Crippen LogP contribution in [0.5, 0.6) is 0 Å². The van der Waals surface area contributed by atoms with Gasteiger partial charge in [0.1, 0.15) is 0 Å². The Balaban J connectivity index is 1.90. The van der Waals surface area contributed by atoms with E-state index in [1.807, 2.05) is 0 Å². The predicted molar refractivity (Wildman–Crippen MR) is 84.3 cm³/mol. The summed E-state index contributed by atoms with van der Waals surface area (Å²) >= 11 is 0. The number of carbonyl (C=O) groups is 1. The third-order valence-corrected chi connectivity index (χ3v) is 3.97. The largest absolute Gasteiger partial charge is 0.492 e. The van der Waals surface area contributed by atoms with Gasteiger partial charge in [-0.3, -0.25) is 9.48 Å². The fourth-order valence-corrected chi connectivity index (χ4v) is 2.86. The standard InChI is InChI=1S/C15H15BF3N3O3/c1-14(2)10-5-4-8(6-11(10)16(24)25-14)20-13(23)9-7-22(3)21-12(9)15(17,18)19/h4-7,24H,1-3H3,(H,20,23). The van der Waals surface area contributed by atoms with Gasteiger partial charge in [0.05, 0.1) is 11.2 Å². The number of hydrogen-bond acceptors (Lipinski definition) is 4. The highest BCUT2D eigenvalue weighted by Gasteiger charge is 2.41. The topological polar surface area (TPSA) is 76.4 Å². The number of nitrogens with zero attached hydrogens (tertiary/aromatic N) is 2. The molecule has 25 heavy (non-hydrogen) atoms. The van der Waals surface area contributed by atoms with Crippen molar-refractivity contribution in [3.05, 3.63) is 41.2 Å². The Morgan fingerprint density at radius 1 is 1.40 bits per heavy atom. The molecule has 6 nitrogen and oxygen atoms in total. The molecule has 0 radical (unpaired) electrons. The second kappa shape index (κ2) is 5.60. The number of halogens is 3. The number of alkyl halides is 3. The van der Waals surface area contributed by atoms with Crippen molar-refractivity contribution in [2.24, 2.45) is 7.05 Å². The number of nitrogens with one attached hydrogen (secondary N) is 1. The lowest BCUT2D eigenvalue weighted by molar-refractivity contribution is -0.141. The summed E-state index contributed by atoms with van der Waals surface area (Å²) in [5.74, 6) is -0.937. The minimum absolute atomic E-state index is 0.251. The maximum atomic E-state index is 13.0. The third kappa shape index (κ3) is 3.14. The molecular weight excluding hydrogens is 338 g/mol. The summed E-state index contributed by atoms with van der Waals surface area (Å²) in [6.45, 7) is 3.57. The van der Waals surface area contributed by atoms with E-state index in [1.165, 1.54) is 13.1 Å². The fraction of sp³-hybridized carbons (Fsp3) is 0.333. The molecule has 2 heterocycles. The average molecular weight is 353 g/mol. The van der Waals surface area contributed by atoms with E-state index in [-0.39, 0.29) is 5.69 Å². The molecule has 0 bridgehead atoms. The summed E-state index contributed by atoms with van der Waals surface area (Å²) in [5.41, 5.74) is -1.06. The van der Waals surface area contributed by atoms with Crippen molar-refractivity contribution in [3.63, 3.8) is 0 Å². The van der Waals surface area contributed by atoms with Gasteiger partial charge in [-0.1, -0.05) is 6.07 Å². The monoisotopic (exact) mass is 353 g/mol. The maximum Gasteiger partial charge on any atom is 0.492 e. The van der Waals surface area contributed by atoms with E-state index in [2.05, 4.69) is 10.4 Å². The molecule has 3 rings (SSSR count). The van der Waals surface area contributed by atoms with Crippen LogP contribution < -0.4 is 10.8 Å². The lowest BCUT2D eigenvalue weighted by atomic mass is 9.78. The summed E-state index contributed by atoms with van der Waals surface area (Å²) in [4.78, 5) is 12.2. The van der Waals surface area contributed by atoms with Gasteiger partial charge in [-0.05, 0) is 37.0 Å². The van der Waals surface area contributed by atoms with Crippen LogP contribution in [0.4, 0.5) is 18.9 Å². The number of carbonyl (C=O) groups excluding carboxylic acids is 1. The zero-order valence-corrected chi connectivity index (χ0v) is 13.7. The first-order chi connectivity index (χ1) is 11.5. The van der Waals surface area contributed by atoms with E-state index >= 15 is 0 Å². The van der Waals surface area contributed by atoms with Crippen molar-refractivity contribution < 1.29 is 27.6 Å². The molecule has 0 fully saturated rings. The van der Waals surface area contributed by atoms with E-state index in [1.54, 1.807) is 26.0 Å². The minimum Gasteiger partial charge on any atom is -0.423 e. The molecule has 1 aromatic heterocycles. The van der Waals surface area contributed by atoms with Crippen molar-refractivity contribution in [1.82, 2.24) is 9.78 Å². The molecule has 132 valence electrons. The molecule has 1 aromatic carbocycles. The molecular formula is C15H15BF3N3O3. The number of fused-ring (bicyclic) bond motifs is 1. The Morgan fingerprint density at radius 3 is 2.72 bits per heavy atom. The first-order valence-electron chi connectivity index (χ1n) is 7.41. The van der Waals surface area contributed by atoms with E-state index in [9.17, 15) is 23.0 Å². The van der Waals surface area contributed by atoms with Crippen LogP contribution in [-0.4, -0.2) is 27.8 Å². The van der Waals surface area contributed by atoms with Gasteiger partial charge in [0.15, 0.2) is 5.69 Å². The Kier molecular flexibility index (Phi) is 3.92. The zero-order chi connectivity index (χ0) is 18.6. The van der Waals surface area contributed by atoms with Gasteiger partial charge >= 0.3 is 13.3 Å². The number of amides is 1. The van der Waals surface area contributed by atoms with Crippen LogP contribution in [0, 0.1) is 0 Å². The van der Waals surface area contributed by atoms with Gasteiger partial charge in [0.25, 0.3) is 5.91 Å². The van der Waals surface area contributed by atoms with Crippen LogP contribution in [0.15, 0.2) is 24.4 Å². The lowest BCUT2D eigenvalue weighted by Gasteiger charge is -2.19. The summed E-state index contributed by atoms with van der Waals surface area (Å²) in [6.07, 6.45) is -3.73. The molecule has 1 aliphatic rings. The smallest absolute Gasteiger partial charge is 0.423 e. The van der Waals surface area contributed by atoms with Crippen LogP contribution in [0.2, 0.25) is 0 Å². The van der Waals surface area contributed by atoms with E-state index in [0.717, 1.165) is 16.4 Å². The maximum absolute atomic E-state index is 13.0. The molecule has 10 heteroatoms. The number of aryl methyl sites for hydroxylation is 1. The van der Waals surface area contributed by atoms with Crippen molar-refractivity contribution in [3.8, 4) is 0 Å². The highest BCUT2D eigenvalue weighted by atomic mass is 19.4. The molecule has 0 unspecified atom stereocenters. The summed E-state index contributed by atoms with van der Waals surface area (Å²) in [7, 11) is 0.142. The second-order valence-corrected chi connectivity index (χ2v) is 6.30. The van der Waals surface area contributed by atoms with Crippen LogP contribution >= 0.6 is 0 Å². The normalized spacial score (nSPS) is 16.0. The van der Waals surface area contributed by atoms with E-state index in [4.69, 9.17) is 4.65 Å². The lowest BCUT2D eigenvalue weighted by Crippen LogP contribution is -2.29. The number of aromatic nitrogens is 2. The SMILES string of the molecule is Cn1cc(C(=O)Nc2ccc3c(c2)B(O)OC3(C)C)c(C(F)(F)F)n1. The minimum atomic E-state index is -4.74. The summed E-state index contributed by atoms with van der Waals surface area (Å²) in [5, 5.41) is 15.7.